The number of rotatable bonds is 9. The standard InChI is InChI=1S/C28H27NO4/c1-31-25-11-7-20(8-12-25)15-16-29-28(30)23-10-14-27(32-2)24(17-23)19-33-26-13-9-21-5-3-4-6-22(21)18-26/h3-14,17-18H,15-16,19H2,1-2H3,(H,29,30). The van der Waals surface area contributed by atoms with Gasteiger partial charge in [0.15, 0.2) is 0 Å². The van der Waals surface area contributed by atoms with Crippen LogP contribution in [0.4, 0.5) is 0 Å². The molecule has 4 rings (SSSR count). The maximum absolute atomic E-state index is 12.7. The van der Waals surface area contributed by atoms with Gasteiger partial charge in [-0.05, 0) is 65.2 Å². The van der Waals surface area contributed by atoms with E-state index in [9.17, 15) is 4.79 Å². The molecule has 0 spiro atoms. The molecule has 5 nitrogen and oxygen atoms in total. The van der Waals surface area contributed by atoms with E-state index in [0.717, 1.165) is 39.8 Å². The third kappa shape index (κ3) is 5.63. The fraction of sp³-hybridized carbons (Fsp3) is 0.179. The van der Waals surface area contributed by atoms with Crippen molar-refractivity contribution in [3.8, 4) is 17.2 Å². The number of hydrogen-bond acceptors (Lipinski definition) is 4. The smallest absolute Gasteiger partial charge is 0.251 e. The first kappa shape index (κ1) is 22.2. The highest BCUT2D eigenvalue weighted by Crippen LogP contribution is 2.25. The molecule has 0 saturated carbocycles. The number of benzene rings is 4. The number of carbonyl (C=O) groups is 1. The van der Waals surface area contributed by atoms with Crippen LogP contribution in [0.15, 0.2) is 84.9 Å². The first-order chi connectivity index (χ1) is 16.2. The molecule has 168 valence electrons. The summed E-state index contributed by atoms with van der Waals surface area (Å²) in [7, 11) is 3.26. The van der Waals surface area contributed by atoms with Gasteiger partial charge in [0.25, 0.3) is 5.91 Å². The topological polar surface area (TPSA) is 56.8 Å². The van der Waals surface area contributed by atoms with E-state index in [-0.39, 0.29) is 5.91 Å². The van der Waals surface area contributed by atoms with Crippen molar-refractivity contribution < 1.29 is 19.0 Å². The van der Waals surface area contributed by atoms with Crippen molar-refractivity contribution in [2.75, 3.05) is 20.8 Å². The van der Waals surface area contributed by atoms with Crippen LogP contribution in [-0.4, -0.2) is 26.7 Å². The van der Waals surface area contributed by atoms with Crippen LogP contribution >= 0.6 is 0 Å². The van der Waals surface area contributed by atoms with Crippen LogP contribution in [0.5, 0.6) is 17.2 Å². The predicted octanol–water partition coefficient (Wildman–Crippen LogP) is 5.41. The van der Waals surface area contributed by atoms with E-state index in [1.54, 1.807) is 26.4 Å². The van der Waals surface area contributed by atoms with Gasteiger partial charge in [0.1, 0.15) is 23.9 Å². The molecule has 0 bridgehead atoms. The molecule has 0 aliphatic rings. The highest BCUT2D eigenvalue weighted by atomic mass is 16.5. The minimum Gasteiger partial charge on any atom is -0.497 e. The molecular weight excluding hydrogens is 414 g/mol. The molecule has 1 N–H and O–H groups in total. The number of hydrogen-bond donors (Lipinski definition) is 1. The van der Waals surface area contributed by atoms with Crippen molar-refractivity contribution in [1.82, 2.24) is 5.32 Å². The molecule has 0 saturated heterocycles. The van der Waals surface area contributed by atoms with Crippen molar-refractivity contribution in [1.29, 1.82) is 0 Å². The Balaban J connectivity index is 1.38. The van der Waals surface area contributed by atoms with Crippen LogP contribution in [0.3, 0.4) is 0 Å². The van der Waals surface area contributed by atoms with Gasteiger partial charge in [-0.2, -0.15) is 0 Å². The number of fused-ring (bicyclic) bond motifs is 1. The largest absolute Gasteiger partial charge is 0.497 e. The second-order valence-corrected chi connectivity index (χ2v) is 7.68. The quantitative estimate of drug-likeness (QED) is 0.377. The van der Waals surface area contributed by atoms with E-state index < -0.39 is 0 Å². The Kier molecular flexibility index (Phi) is 7.10. The molecule has 0 aliphatic carbocycles. The van der Waals surface area contributed by atoms with Gasteiger partial charge in [0.2, 0.25) is 0 Å². The summed E-state index contributed by atoms with van der Waals surface area (Å²) in [6.07, 6.45) is 0.740. The zero-order valence-corrected chi connectivity index (χ0v) is 18.8. The van der Waals surface area contributed by atoms with E-state index >= 15 is 0 Å². The maximum Gasteiger partial charge on any atom is 0.251 e. The second-order valence-electron chi connectivity index (χ2n) is 7.68. The van der Waals surface area contributed by atoms with Gasteiger partial charge in [0, 0.05) is 17.7 Å². The monoisotopic (exact) mass is 441 g/mol. The third-order valence-electron chi connectivity index (χ3n) is 5.52. The van der Waals surface area contributed by atoms with Crippen molar-refractivity contribution in [2.24, 2.45) is 0 Å². The van der Waals surface area contributed by atoms with Gasteiger partial charge in [-0.25, -0.2) is 0 Å². The fourth-order valence-electron chi connectivity index (χ4n) is 3.67. The lowest BCUT2D eigenvalue weighted by Crippen LogP contribution is -2.25. The van der Waals surface area contributed by atoms with Crippen LogP contribution in [0.2, 0.25) is 0 Å². The van der Waals surface area contributed by atoms with Crippen molar-refractivity contribution in [3.63, 3.8) is 0 Å². The average molecular weight is 442 g/mol. The van der Waals surface area contributed by atoms with Crippen molar-refractivity contribution >= 4 is 16.7 Å². The molecule has 33 heavy (non-hydrogen) atoms. The van der Waals surface area contributed by atoms with Gasteiger partial charge in [-0.3, -0.25) is 4.79 Å². The Bertz CT molecular complexity index is 1230. The van der Waals surface area contributed by atoms with Crippen molar-refractivity contribution in [2.45, 2.75) is 13.0 Å². The summed E-state index contributed by atoms with van der Waals surface area (Å²) in [6.45, 7) is 0.842. The number of nitrogens with one attached hydrogen (secondary N) is 1. The average Bonchev–Trinajstić information content (AvgIpc) is 2.87. The SMILES string of the molecule is COc1ccc(CCNC(=O)c2ccc(OC)c(COc3ccc4ccccc4c3)c2)cc1. The highest BCUT2D eigenvalue weighted by Gasteiger charge is 2.11. The highest BCUT2D eigenvalue weighted by molar-refractivity contribution is 5.94. The van der Waals surface area contributed by atoms with E-state index in [1.807, 2.05) is 60.7 Å². The molecule has 5 heteroatoms. The van der Waals surface area contributed by atoms with E-state index in [0.29, 0.717) is 24.5 Å². The molecule has 0 fully saturated rings. The first-order valence-electron chi connectivity index (χ1n) is 10.9. The second kappa shape index (κ2) is 10.6. The fourth-order valence-corrected chi connectivity index (χ4v) is 3.67. The summed E-state index contributed by atoms with van der Waals surface area (Å²) in [6, 6.07) is 27.4. The third-order valence-corrected chi connectivity index (χ3v) is 5.52. The number of amides is 1. The summed E-state index contributed by atoms with van der Waals surface area (Å²) in [4.78, 5) is 12.7. The summed E-state index contributed by atoms with van der Waals surface area (Å²) < 4.78 is 16.7. The molecule has 0 radical (unpaired) electrons. The first-order valence-corrected chi connectivity index (χ1v) is 10.9. The van der Waals surface area contributed by atoms with Crippen LogP contribution in [-0.2, 0) is 13.0 Å². The van der Waals surface area contributed by atoms with Gasteiger partial charge in [0.05, 0.1) is 14.2 Å². The zero-order valence-electron chi connectivity index (χ0n) is 18.8. The molecule has 4 aromatic carbocycles. The molecule has 0 aliphatic heterocycles. The Labute approximate surface area is 193 Å². The molecule has 4 aromatic rings. The lowest BCUT2D eigenvalue weighted by atomic mass is 10.1. The molecule has 0 atom stereocenters. The van der Waals surface area contributed by atoms with Crippen LogP contribution < -0.4 is 19.5 Å². The van der Waals surface area contributed by atoms with Gasteiger partial charge in [-0.1, -0.05) is 42.5 Å². The summed E-state index contributed by atoms with van der Waals surface area (Å²) in [5.74, 6) is 2.15. The minimum atomic E-state index is -0.127. The molecule has 0 unspecified atom stereocenters. The van der Waals surface area contributed by atoms with E-state index in [4.69, 9.17) is 14.2 Å². The van der Waals surface area contributed by atoms with Crippen LogP contribution in [0, 0.1) is 0 Å². The molecular formula is C28H27NO4. The molecule has 0 aromatic heterocycles. The van der Waals surface area contributed by atoms with Crippen molar-refractivity contribution in [3.05, 3.63) is 102 Å². The Morgan fingerprint density at radius 3 is 2.30 bits per heavy atom. The number of ether oxygens (including phenoxy) is 3. The van der Waals surface area contributed by atoms with E-state index in [2.05, 4.69) is 17.4 Å². The zero-order chi connectivity index (χ0) is 23.0. The van der Waals surface area contributed by atoms with Crippen LogP contribution in [0.1, 0.15) is 21.5 Å². The van der Waals surface area contributed by atoms with Gasteiger partial charge < -0.3 is 19.5 Å². The Morgan fingerprint density at radius 2 is 1.55 bits per heavy atom. The summed E-state index contributed by atoms with van der Waals surface area (Å²) in [5, 5.41) is 5.26. The maximum atomic E-state index is 12.7. The summed E-state index contributed by atoms with van der Waals surface area (Å²) in [5.41, 5.74) is 2.52. The molecule has 1 amide bonds. The number of carbonyl (C=O) groups excluding carboxylic acids is 1. The van der Waals surface area contributed by atoms with E-state index in [1.165, 1.54) is 0 Å². The van der Waals surface area contributed by atoms with Gasteiger partial charge in [-0.15, -0.1) is 0 Å². The van der Waals surface area contributed by atoms with Gasteiger partial charge >= 0.3 is 0 Å². The minimum absolute atomic E-state index is 0.127. The lowest BCUT2D eigenvalue weighted by molar-refractivity contribution is 0.0954. The normalized spacial score (nSPS) is 10.6. The number of methoxy groups -OCH3 is 2. The lowest BCUT2D eigenvalue weighted by Gasteiger charge is -2.13. The Morgan fingerprint density at radius 1 is 0.788 bits per heavy atom. The Hall–Kier alpha value is -3.99. The summed E-state index contributed by atoms with van der Waals surface area (Å²) >= 11 is 0. The van der Waals surface area contributed by atoms with Crippen LogP contribution in [0.25, 0.3) is 10.8 Å². The molecule has 0 heterocycles. The predicted molar refractivity (Wildman–Crippen MR) is 130 cm³/mol.